The summed E-state index contributed by atoms with van der Waals surface area (Å²) in [5.41, 5.74) is 1.44. The highest BCUT2D eigenvalue weighted by Gasteiger charge is 2.29. The molecule has 1 aliphatic heterocycles. The molecule has 2 aromatic carbocycles. The summed E-state index contributed by atoms with van der Waals surface area (Å²) in [4.78, 5) is 11.3. The number of anilines is 1. The number of rotatable bonds is 4. The van der Waals surface area contributed by atoms with Gasteiger partial charge in [0.25, 0.3) is 10.0 Å². The molecule has 0 unspecified atom stereocenters. The summed E-state index contributed by atoms with van der Waals surface area (Å²) >= 11 is 0. The van der Waals surface area contributed by atoms with Crippen LogP contribution in [0.25, 0.3) is 0 Å². The van der Waals surface area contributed by atoms with Crippen LogP contribution in [0.4, 0.5) is 5.69 Å². The molecule has 0 bridgehead atoms. The predicted molar refractivity (Wildman–Crippen MR) is 89.2 cm³/mol. The second-order valence-corrected chi connectivity index (χ2v) is 7.37. The van der Waals surface area contributed by atoms with Gasteiger partial charge in [-0.2, -0.15) is 0 Å². The fraction of sp³-hybridized carbons (Fsp3) is 0.235. The van der Waals surface area contributed by atoms with E-state index in [4.69, 9.17) is 9.84 Å². The van der Waals surface area contributed by atoms with E-state index in [0.717, 1.165) is 5.56 Å². The molecule has 0 atom stereocenters. The SMILES string of the molecule is COc1ccc(S(=O)(=O)N2CCCc3cc(C(=O)O)ccc32)cc1. The van der Waals surface area contributed by atoms with Crippen LogP contribution < -0.4 is 9.04 Å². The van der Waals surface area contributed by atoms with Gasteiger partial charge in [0.2, 0.25) is 0 Å². The number of nitrogens with zero attached hydrogens (tertiary/aromatic N) is 1. The molecule has 0 aromatic heterocycles. The van der Waals surface area contributed by atoms with Crippen LogP contribution in [-0.4, -0.2) is 33.1 Å². The zero-order valence-electron chi connectivity index (χ0n) is 13.1. The minimum absolute atomic E-state index is 0.164. The third-order valence-electron chi connectivity index (χ3n) is 4.05. The number of hydrogen-bond acceptors (Lipinski definition) is 4. The van der Waals surface area contributed by atoms with Crippen molar-refractivity contribution in [2.24, 2.45) is 0 Å². The van der Waals surface area contributed by atoms with Gasteiger partial charge in [0, 0.05) is 6.54 Å². The molecule has 1 heterocycles. The average Bonchev–Trinajstić information content (AvgIpc) is 2.60. The van der Waals surface area contributed by atoms with Gasteiger partial charge in [-0.25, -0.2) is 13.2 Å². The molecule has 0 spiro atoms. The largest absolute Gasteiger partial charge is 0.497 e. The van der Waals surface area contributed by atoms with E-state index >= 15 is 0 Å². The van der Waals surface area contributed by atoms with Crippen LogP contribution in [0.3, 0.4) is 0 Å². The maximum Gasteiger partial charge on any atom is 0.335 e. The summed E-state index contributed by atoms with van der Waals surface area (Å²) < 4.78 is 32.3. The zero-order chi connectivity index (χ0) is 17.3. The Labute approximate surface area is 140 Å². The van der Waals surface area contributed by atoms with Crippen LogP contribution in [0, 0.1) is 0 Å². The van der Waals surface area contributed by atoms with Gasteiger partial charge in [-0.1, -0.05) is 0 Å². The van der Waals surface area contributed by atoms with Crippen LogP contribution in [-0.2, 0) is 16.4 Å². The molecule has 126 valence electrons. The van der Waals surface area contributed by atoms with Crippen molar-refractivity contribution < 1.29 is 23.1 Å². The summed E-state index contributed by atoms with van der Waals surface area (Å²) in [6.45, 7) is 0.369. The molecule has 0 saturated carbocycles. The fourth-order valence-corrected chi connectivity index (χ4v) is 4.36. The molecule has 7 heteroatoms. The van der Waals surface area contributed by atoms with E-state index in [-0.39, 0.29) is 10.5 Å². The molecule has 1 N–H and O–H groups in total. The Morgan fingerprint density at radius 1 is 1.17 bits per heavy atom. The van der Waals surface area contributed by atoms with Gasteiger partial charge in [0.05, 0.1) is 23.3 Å². The average molecular weight is 347 g/mol. The van der Waals surface area contributed by atoms with Crippen molar-refractivity contribution in [3.05, 3.63) is 53.6 Å². The third kappa shape index (κ3) is 2.82. The quantitative estimate of drug-likeness (QED) is 0.919. The first-order valence-electron chi connectivity index (χ1n) is 7.46. The lowest BCUT2D eigenvalue weighted by molar-refractivity contribution is 0.0696. The van der Waals surface area contributed by atoms with Crippen LogP contribution in [0.1, 0.15) is 22.3 Å². The summed E-state index contributed by atoms with van der Waals surface area (Å²) in [5, 5.41) is 9.10. The molecule has 0 saturated heterocycles. The zero-order valence-corrected chi connectivity index (χ0v) is 13.9. The molecular weight excluding hydrogens is 330 g/mol. The number of fused-ring (bicyclic) bond motifs is 1. The number of methoxy groups -OCH3 is 1. The predicted octanol–water partition coefficient (Wildman–Crippen LogP) is 2.53. The molecule has 0 aliphatic carbocycles. The maximum atomic E-state index is 12.9. The number of carboxylic acids is 1. The van der Waals surface area contributed by atoms with Gasteiger partial charge in [-0.05, 0) is 60.9 Å². The summed E-state index contributed by atoms with van der Waals surface area (Å²) in [7, 11) is -2.18. The highest BCUT2D eigenvalue weighted by molar-refractivity contribution is 7.92. The van der Waals surface area contributed by atoms with Gasteiger partial charge in [0.1, 0.15) is 5.75 Å². The minimum atomic E-state index is -3.70. The molecule has 24 heavy (non-hydrogen) atoms. The van der Waals surface area contributed by atoms with Crippen LogP contribution in [0.15, 0.2) is 47.4 Å². The summed E-state index contributed by atoms with van der Waals surface area (Å²) in [5.74, 6) is -0.438. The molecule has 0 fully saturated rings. The Bertz CT molecular complexity index is 874. The Hall–Kier alpha value is -2.54. The van der Waals surface area contributed by atoms with Crippen molar-refractivity contribution in [1.29, 1.82) is 0 Å². The van der Waals surface area contributed by atoms with E-state index in [0.29, 0.717) is 30.8 Å². The molecule has 2 aromatic rings. The smallest absolute Gasteiger partial charge is 0.335 e. The maximum absolute atomic E-state index is 12.9. The molecule has 3 rings (SSSR count). The van der Waals surface area contributed by atoms with Crippen molar-refractivity contribution in [3.63, 3.8) is 0 Å². The molecular formula is C17H17NO5S. The highest BCUT2D eigenvalue weighted by atomic mass is 32.2. The highest BCUT2D eigenvalue weighted by Crippen LogP contribution is 2.33. The number of ether oxygens (including phenoxy) is 1. The lowest BCUT2D eigenvalue weighted by atomic mass is 10.0. The van der Waals surface area contributed by atoms with Crippen LogP contribution in [0.5, 0.6) is 5.75 Å². The molecule has 0 amide bonds. The second kappa shape index (κ2) is 6.16. The number of benzene rings is 2. The van der Waals surface area contributed by atoms with Gasteiger partial charge in [-0.15, -0.1) is 0 Å². The van der Waals surface area contributed by atoms with E-state index < -0.39 is 16.0 Å². The van der Waals surface area contributed by atoms with Crippen LogP contribution in [0.2, 0.25) is 0 Å². The van der Waals surface area contributed by atoms with Gasteiger partial charge in [-0.3, -0.25) is 4.31 Å². The Balaban J connectivity index is 2.02. The first kappa shape index (κ1) is 16.3. The Kier molecular flexibility index (Phi) is 4.19. The number of aryl methyl sites for hydroxylation is 1. The van der Waals surface area contributed by atoms with E-state index in [2.05, 4.69) is 0 Å². The summed E-state index contributed by atoms with van der Waals surface area (Å²) in [6.07, 6.45) is 1.30. The first-order chi connectivity index (χ1) is 11.4. The summed E-state index contributed by atoms with van der Waals surface area (Å²) in [6, 6.07) is 10.8. The molecule has 6 nitrogen and oxygen atoms in total. The number of sulfonamides is 1. The molecule has 1 aliphatic rings. The van der Waals surface area contributed by atoms with E-state index in [1.54, 1.807) is 24.3 Å². The Morgan fingerprint density at radius 3 is 2.50 bits per heavy atom. The van der Waals surface area contributed by atoms with Crippen molar-refractivity contribution in [3.8, 4) is 5.75 Å². The van der Waals surface area contributed by atoms with Crippen molar-refractivity contribution >= 4 is 21.7 Å². The number of carboxylic acid groups (broad SMARTS) is 1. The lowest BCUT2D eigenvalue weighted by Gasteiger charge is -2.30. The van der Waals surface area contributed by atoms with Crippen molar-refractivity contribution in [2.45, 2.75) is 17.7 Å². The lowest BCUT2D eigenvalue weighted by Crippen LogP contribution is -2.35. The van der Waals surface area contributed by atoms with Gasteiger partial charge in [0.15, 0.2) is 0 Å². The minimum Gasteiger partial charge on any atom is -0.497 e. The normalized spacial score (nSPS) is 14.1. The standard InChI is InChI=1S/C17H17NO5S/c1-23-14-5-7-15(8-6-14)24(21,22)18-10-2-3-12-11-13(17(19)20)4-9-16(12)18/h4-9,11H,2-3,10H2,1H3,(H,19,20). The number of hydrogen-bond donors (Lipinski definition) is 1. The third-order valence-corrected chi connectivity index (χ3v) is 5.88. The second-order valence-electron chi connectivity index (χ2n) is 5.50. The number of aromatic carboxylic acids is 1. The van der Waals surface area contributed by atoms with Crippen molar-refractivity contribution in [1.82, 2.24) is 0 Å². The van der Waals surface area contributed by atoms with E-state index in [1.165, 1.54) is 29.6 Å². The number of carbonyl (C=O) groups is 1. The topological polar surface area (TPSA) is 83.9 Å². The molecule has 0 radical (unpaired) electrons. The monoisotopic (exact) mass is 347 g/mol. The Morgan fingerprint density at radius 2 is 1.88 bits per heavy atom. The van der Waals surface area contributed by atoms with E-state index in [1.807, 2.05) is 0 Å². The van der Waals surface area contributed by atoms with Crippen LogP contribution >= 0.6 is 0 Å². The fourth-order valence-electron chi connectivity index (χ4n) is 2.82. The van der Waals surface area contributed by atoms with Crippen molar-refractivity contribution in [2.75, 3.05) is 18.0 Å². The first-order valence-corrected chi connectivity index (χ1v) is 8.90. The van der Waals surface area contributed by atoms with Gasteiger partial charge >= 0.3 is 5.97 Å². The van der Waals surface area contributed by atoms with E-state index in [9.17, 15) is 13.2 Å². The van der Waals surface area contributed by atoms with Gasteiger partial charge < -0.3 is 9.84 Å².